The van der Waals surface area contributed by atoms with Gasteiger partial charge in [-0.15, -0.1) is 6.58 Å². The van der Waals surface area contributed by atoms with Crippen molar-refractivity contribution < 1.29 is 13.5 Å². The molecule has 3 nitrogen and oxygen atoms in total. The first-order chi connectivity index (χ1) is 11.7. The smallest absolute Gasteiger partial charge is 0.201 e. The van der Waals surface area contributed by atoms with E-state index in [2.05, 4.69) is 16.8 Å². The second-order valence-corrected chi connectivity index (χ2v) is 4.94. The molecule has 0 amide bonds. The Morgan fingerprint density at radius 3 is 2.38 bits per heavy atom. The quantitative estimate of drug-likeness (QED) is 0.417. The first kappa shape index (κ1) is 17.5. The maximum atomic E-state index is 13.8. The third-order valence-corrected chi connectivity index (χ3v) is 3.21. The molecular formula is C19H18F2N2O. The minimum absolute atomic E-state index is 0.00874. The molecule has 0 N–H and O–H groups in total. The molecule has 0 aliphatic carbocycles. The number of ether oxygens (including phenoxy) is 1. The molecule has 0 aliphatic rings. The molecule has 0 aliphatic heterocycles. The largest absolute Gasteiger partial charge is 0.491 e. The van der Waals surface area contributed by atoms with Gasteiger partial charge < -0.3 is 4.74 Å². The lowest BCUT2D eigenvalue weighted by molar-refractivity contribution is 0.314. The van der Waals surface area contributed by atoms with Crippen molar-refractivity contribution in [3.8, 4) is 5.75 Å². The van der Waals surface area contributed by atoms with E-state index in [-0.39, 0.29) is 17.9 Å². The summed E-state index contributed by atoms with van der Waals surface area (Å²) >= 11 is 0. The minimum atomic E-state index is -1.03. The topological polar surface area (TPSA) is 34.0 Å². The molecule has 0 heterocycles. The Morgan fingerprint density at radius 1 is 1.00 bits per heavy atom. The normalized spacial score (nSPS) is 11.3. The van der Waals surface area contributed by atoms with Crippen molar-refractivity contribution in [1.82, 2.24) is 0 Å². The van der Waals surface area contributed by atoms with E-state index in [1.54, 1.807) is 6.92 Å². The molecule has 0 unspecified atom stereocenters. The lowest BCUT2D eigenvalue weighted by Gasteiger charge is -2.05. The Balaban J connectivity index is 2.05. The maximum Gasteiger partial charge on any atom is 0.201 e. The van der Waals surface area contributed by atoms with E-state index in [9.17, 15) is 8.78 Å². The van der Waals surface area contributed by atoms with Crippen LogP contribution >= 0.6 is 0 Å². The van der Waals surface area contributed by atoms with Crippen molar-refractivity contribution in [3.63, 3.8) is 0 Å². The van der Waals surface area contributed by atoms with Gasteiger partial charge in [0.1, 0.15) is 0 Å². The summed E-state index contributed by atoms with van der Waals surface area (Å²) in [5.74, 6) is -2.15. The molecule has 124 valence electrons. The predicted octanol–water partition coefficient (Wildman–Crippen LogP) is 4.55. The van der Waals surface area contributed by atoms with E-state index in [0.29, 0.717) is 0 Å². The van der Waals surface area contributed by atoms with Gasteiger partial charge in [0.15, 0.2) is 11.6 Å². The van der Waals surface area contributed by atoms with Gasteiger partial charge in [-0.1, -0.05) is 30.3 Å². The van der Waals surface area contributed by atoms with Crippen LogP contribution in [-0.2, 0) is 6.42 Å². The van der Waals surface area contributed by atoms with E-state index in [1.807, 2.05) is 30.3 Å². The number of hydrogen-bond acceptors (Lipinski definition) is 3. The van der Waals surface area contributed by atoms with Crippen molar-refractivity contribution >= 4 is 12.4 Å². The van der Waals surface area contributed by atoms with Crippen LogP contribution in [0.2, 0.25) is 0 Å². The summed E-state index contributed by atoms with van der Waals surface area (Å²) in [6.07, 6.45) is 5.34. The Bertz CT molecular complexity index is 753. The first-order valence-electron chi connectivity index (χ1n) is 7.52. The van der Waals surface area contributed by atoms with Crippen LogP contribution in [0, 0.1) is 11.6 Å². The summed E-state index contributed by atoms with van der Waals surface area (Å²) in [7, 11) is 0. The highest BCUT2D eigenvalue weighted by Gasteiger charge is 2.12. The van der Waals surface area contributed by atoms with Crippen molar-refractivity contribution in [2.75, 3.05) is 6.61 Å². The average Bonchev–Trinajstić information content (AvgIpc) is 2.59. The van der Waals surface area contributed by atoms with E-state index in [1.165, 1.54) is 18.3 Å². The summed E-state index contributed by atoms with van der Waals surface area (Å²) in [5.41, 5.74) is 2.02. The lowest BCUT2D eigenvalue weighted by atomic mass is 10.1. The fraction of sp³-hybridized carbons (Fsp3) is 0.158. The molecule has 0 saturated carbocycles. The standard InChI is InChI=1S/C19H18F2N2O/c1-3-5-14-6-8-15(9-7-14)12-22-23-13-16-10-11-17(24-4-2)19(21)18(16)20/h3,6-13H,1,4-5H2,2H3/b22-12+,23-13-. The SMILES string of the molecule is C=CCc1ccc(/C=N/N=C\c2ccc(OCC)c(F)c2F)cc1. The summed E-state index contributed by atoms with van der Waals surface area (Å²) in [6.45, 7) is 5.65. The summed E-state index contributed by atoms with van der Waals surface area (Å²) in [6, 6.07) is 10.5. The predicted molar refractivity (Wildman–Crippen MR) is 93.1 cm³/mol. The zero-order valence-corrected chi connectivity index (χ0v) is 13.4. The van der Waals surface area contributed by atoms with Gasteiger partial charge in [0.25, 0.3) is 0 Å². The van der Waals surface area contributed by atoms with Gasteiger partial charge in [0, 0.05) is 5.56 Å². The molecule has 0 fully saturated rings. The van der Waals surface area contributed by atoms with E-state index < -0.39 is 11.6 Å². The van der Waals surface area contributed by atoms with E-state index >= 15 is 0 Å². The Hall–Kier alpha value is -2.82. The van der Waals surface area contributed by atoms with E-state index in [0.717, 1.165) is 23.8 Å². The van der Waals surface area contributed by atoms with Crippen LogP contribution in [0.3, 0.4) is 0 Å². The third kappa shape index (κ3) is 4.59. The number of allylic oxidation sites excluding steroid dienone is 1. The van der Waals surface area contributed by atoms with Crippen LogP contribution in [0.15, 0.2) is 59.3 Å². The van der Waals surface area contributed by atoms with Gasteiger partial charge in [-0.05, 0) is 36.6 Å². The second kappa shape index (κ2) is 8.72. The van der Waals surface area contributed by atoms with Crippen LogP contribution in [0.4, 0.5) is 8.78 Å². The molecule has 0 bridgehead atoms. The molecule has 0 radical (unpaired) electrons. The fourth-order valence-electron chi connectivity index (χ4n) is 2.02. The van der Waals surface area contributed by atoms with Gasteiger partial charge in [-0.3, -0.25) is 0 Å². The van der Waals surface area contributed by atoms with Gasteiger partial charge in [0.05, 0.1) is 19.0 Å². The van der Waals surface area contributed by atoms with Gasteiger partial charge in [-0.25, -0.2) is 4.39 Å². The molecule has 5 heteroatoms. The molecular weight excluding hydrogens is 310 g/mol. The van der Waals surface area contributed by atoms with Crippen LogP contribution < -0.4 is 4.74 Å². The Kier molecular flexibility index (Phi) is 6.37. The summed E-state index contributed by atoms with van der Waals surface area (Å²) in [5, 5.41) is 7.60. The maximum absolute atomic E-state index is 13.8. The Morgan fingerprint density at radius 2 is 1.71 bits per heavy atom. The van der Waals surface area contributed by atoms with Crippen LogP contribution in [-0.4, -0.2) is 19.0 Å². The zero-order chi connectivity index (χ0) is 17.4. The molecule has 2 aromatic rings. The van der Waals surface area contributed by atoms with Crippen molar-refractivity contribution in [1.29, 1.82) is 0 Å². The van der Waals surface area contributed by atoms with Crippen LogP contribution in [0.5, 0.6) is 5.75 Å². The highest BCUT2D eigenvalue weighted by atomic mass is 19.2. The lowest BCUT2D eigenvalue weighted by Crippen LogP contribution is -2.00. The molecule has 0 aromatic heterocycles. The number of benzene rings is 2. The monoisotopic (exact) mass is 328 g/mol. The van der Waals surface area contributed by atoms with Gasteiger partial charge >= 0.3 is 0 Å². The molecule has 0 spiro atoms. The fourth-order valence-corrected chi connectivity index (χ4v) is 2.02. The molecule has 24 heavy (non-hydrogen) atoms. The van der Waals surface area contributed by atoms with Crippen molar-refractivity contribution in [3.05, 3.63) is 77.4 Å². The number of halogens is 2. The van der Waals surface area contributed by atoms with Gasteiger partial charge in [0.2, 0.25) is 5.82 Å². The third-order valence-electron chi connectivity index (χ3n) is 3.21. The molecule has 2 rings (SSSR count). The van der Waals surface area contributed by atoms with E-state index in [4.69, 9.17) is 4.74 Å². The average molecular weight is 328 g/mol. The number of hydrogen-bond donors (Lipinski definition) is 0. The first-order valence-corrected chi connectivity index (χ1v) is 7.52. The molecule has 2 aromatic carbocycles. The highest BCUT2D eigenvalue weighted by Crippen LogP contribution is 2.21. The molecule has 0 atom stereocenters. The van der Waals surface area contributed by atoms with Crippen molar-refractivity contribution in [2.45, 2.75) is 13.3 Å². The minimum Gasteiger partial charge on any atom is -0.491 e. The van der Waals surface area contributed by atoms with Gasteiger partial charge in [-0.2, -0.15) is 14.6 Å². The summed E-state index contributed by atoms with van der Waals surface area (Å²) in [4.78, 5) is 0. The zero-order valence-electron chi connectivity index (χ0n) is 13.4. The highest BCUT2D eigenvalue weighted by molar-refractivity contribution is 5.83. The Labute approximate surface area is 140 Å². The number of rotatable bonds is 7. The van der Waals surface area contributed by atoms with Crippen LogP contribution in [0.25, 0.3) is 0 Å². The van der Waals surface area contributed by atoms with Crippen LogP contribution in [0.1, 0.15) is 23.6 Å². The molecule has 0 saturated heterocycles. The summed E-state index contributed by atoms with van der Waals surface area (Å²) < 4.78 is 32.6. The second-order valence-electron chi connectivity index (χ2n) is 4.94. The number of nitrogens with zero attached hydrogens (tertiary/aromatic N) is 2. The van der Waals surface area contributed by atoms with Crippen molar-refractivity contribution in [2.24, 2.45) is 10.2 Å².